The second-order valence-electron chi connectivity index (χ2n) is 9.81. The summed E-state index contributed by atoms with van der Waals surface area (Å²) in [5, 5.41) is 0.842. The number of likely N-dealkylation sites (tertiary alicyclic amines) is 1. The quantitative estimate of drug-likeness (QED) is 0.384. The molecule has 4 aromatic heterocycles. The van der Waals surface area contributed by atoms with Crippen LogP contribution in [0.25, 0.3) is 26.2 Å². The summed E-state index contributed by atoms with van der Waals surface area (Å²) in [5.41, 5.74) is 1.16. The Bertz CT molecular complexity index is 1450. The Hall–Kier alpha value is -3.20. The van der Waals surface area contributed by atoms with Crippen molar-refractivity contribution in [2.75, 3.05) is 13.1 Å². The number of amides is 1. The average molecular weight is 483 g/mol. The van der Waals surface area contributed by atoms with E-state index in [9.17, 15) is 14.0 Å². The number of hydrogen-bond donors (Lipinski definition) is 0. The Morgan fingerprint density at radius 2 is 1.94 bits per heavy atom. The molecule has 0 N–H and O–H groups in total. The number of carbonyl (C=O) groups is 1. The third-order valence-corrected chi connectivity index (χ3v) is 7.21. The van der Waals surface area contributed by atoms with Crippen molar-refractivity contribution in [3.8, 4) is 10.4 Å². The van der Waals surface area contributed by atoms with Crippen LogP contribution in [-0.4, -0.2) is 43.6 Å². The zero-order valence-electron chi connectivity index (χ0n) is 19.7. The summed E-state index contributed by atoms with van der Waals surface area (Å²) in [6.07, 6.45) is 6.52. The molecule has 34 heavy (non-hydrogen) atoms. The highest BCUT2D eigenvalue weighted by Crippen LogP contribution is 2.33. The van der Waals surface area contributed by atoms with E-state index in [1.54, 1.807) is 20.1 Å². The molecule has 0 atom stereocenters. The number of fused-ring (bicyclic) bond motifs is 2. The van der Waals surface area contributed by atoms with Gasteiger partial charge in [-0.1, -0.05) is 0 Å². The van der Waals surface area contributed by atoms with E-state index < -0.39 is 11.4 Å². The Morgan fingerprint density at radius 1 is 1.21 bits per heavy atom. The summed E-state index contributed by atoms with van der Waals surface area (Å²) in [6.45, 7) is 8.47. The minimum absolute atomic E-state index is 0.0175. The standard InChI is InChI=1S/C25H27FN4O3S/c1-15-13-29-14-17(11-19(26)22(29)27-15)20-12-16-5-10-30(23(31)21(16)34-20)18-6-8-28(9-7-18)24(32)33-25(2,3)4/h5,10-14,18H,6-9H2,1-4H3. The predicted molar refractivity (Wildman–Crippen MR) is 131 cm³/mol. The number of halogens is 1. The highest BCUT2D eigenvalue weighted by atomic mass is 32.1. The molecule has 0 spiro atoms. The summed E-state index contributed by atoms with van der Waals surface area (Å²) in [7, 11) is 0. The third-order valence-electron chi connectivity index (χ3n) is 6.03. The van der Waals surface area contributed by atoms with Crippen LogP contribution in [-0.2, 0) is 4.74 Å². The summed E-state index contributed by atoms with van der Waals surface area (Å²) in [4.78, 5) is 32.4. The van der Waals surface area contributed by atoms with Gasteiger partial charge in [0.1, 0.15) is 10.3 Å². The van der Waals surface area contributed by atoms with Crippen LogP contribution in [0.1, 0.15) is 45.3 Å². The Morgan fingerprint density at radius 3 is 2.65 bits per heavy atom. The van der Waals surface area contributed by atoms with E-state index in [4.69, 9.17) is 4.74 Å². The van der Waals surface area contributed by atoms with E-state index in [0.717, 1.165) is 16.0 Å². The molecule has 1 aliphatic heterocycles. The fourth-order valence-electron chi connectivity index (χ4n) is 4.44. The minimum atomic E-state index is -0.531. The number of thiophene rings is 1. The van der Waals surface area contributed by atoms with Crippen molar-refractivity contribution in [3.05, 3.63) is 58.7 Å². The molecule has 0 saturated carbocycles. The number of carbonyl (C=O) groups excluding carboxylic acids is 1. The summed E-state index contributed by atoms with van der Waals surface area (Å²) >= 11 is 1.37. The van der Waals surface area contributed by atoms with Crippen LogP contribution in [0.4, 0.5) is 9.18 Å². The molecule has 7 nitrogen and oxygen atoms in total. The zero-order valence-corrected chi connectivity index (χ0v) is 20.5. The maximum absolute atomic E-state index is 14.6. The Labute approximate surface area is 200 Å². The molecule has 0 unspecified atom stereocenters. The van der Waals surface area contributed by atoms with Crippen molar-refractivity contribution >= 4 is 33.2 Å². The van der Waals surface area contributed by atoms with Gasteiger partial charge in [0, 0.05) is 53.5 Å². The Balaban J connectivity index is 1.40. The lowest BCUT2D eigenvalue weighted by molar-refractivity contribution is 0.0187. The molecule has 9 heteroatoms. The first-order valence-electron chi connectivity index (χ1n) is 11.4. The second kappa shape index (κ2) is 8.23. The molecule has 0 bridgehead atoms. The lowest BCUT2D eigenvalue weighted by Crippen LogP contribution is -2.43. The summed E-state index contributed by atoms with van der Waals surface area (Å²) in [5.74, 6) is -0.391. The molecule has 0 aliphatic carbocycles. The SMILES string of the molecule is Cc1cn2cc(-c3cc4ccn(C5CCN(C(=O)OC(C)(C)C)CC5)c(=O)c4s3)cc(F)c2n1. The molecule has 1 fully saturated rings. The second-order valence-corrected chi connectivity index (χ2v) is 10.9. The number of aryl methyl sites for hydroxylation is 1. The molecule has 1 aliphatic rings. The van der Waals surface area contributed by atoms with Gasteiger partial charge in [-0.3, -0.25) is 4.79 Å². The van der Waals surface area contributed by atoms with Gasteiger partial charge in [0.05, 0.1) is 5.69 Å². The van der Waals surface area contributed by atoms with Gasteiger partial charge in [0.25, 0.3) is 5.56 Å². The lowest BCUT2D eigenvalue weighted by atomic mass is 10.0. The number of nitrogens with zero attached hydrogens (tertiary/aromatic N) is 4. The van der Waals surface area contributed by atoms with Crippen LogP contribution in [0.2, 0.25) is 0 Å². The number of hydrogen-bond acceptors (Lipinski definition) is 5. The van der Waals surface area contributed by atoms with E-state index in [2.05, 4.69) is 4.98 Å². The van der Waals surface area contributed by atoms with Crippen molar-refractivity contribution in [2.24, 2.45) is 0 Å². The number of piperidine rings is 1. The van der Waals surface area contributed by atoms with Gasteiger partial charge in [-0.15, -0.1) is 11.3 Å². The number of imidazole rings is 1. The van der Waals surface area contributed by atoms with Crippen LogP contribution in [0.15, 0.2) is 41.6 Å². The normalized spacial score (nSPS) is 15.4. The number of rotatable bonds is 2. The van der Waals surface area contributed by atoms with Gasteiger partial charge in [-0.2, -0.15) is 0 Å². The first-order chi connectivity index (χ1) is 16.1. The van der Waals surface area contributed by atoms with E-state index >= 15 is 0 Å². The average Bonchev–Trinajstić information content (AvgIpc) is 3.37. The van der Waals surface area contributed by atoms with Crippen molar-refractivity contribution in [3.63, 3.8) is 0 Å². The van der Waals surface area contributed by atoms with Gasteiger partial charge < -0.3 is 18.6 Å². The molecular weight excluding hydrogens is 455 g/mol. The molecule has 4 aromatic rings. The number of aromatic nitrogens is 3. The maximum Gasteiger partial charge on any atom is 0.410 e. The summed E-state index contributed by atoms with van der Waals surface area (Å²) in [6, 6.07) is 5.36. The fourth-order valence-corrected chi connectivity index (χ4v) is 5.51. The third kappa shape index (κ3) is 4.20. The van der Waals surface area contributed by atoms with Crippen molar-refractivity contribution in [1.29, 1.82) is 0 Å². The molecule has 5 heterocycles. The highest BCUT2D eigenvalue weighted by Gasteiger charge is 2.28. The Kier molecular flexibility index (Phi) is 5.47. The van der Waals surface area contributed by atoms with Gasteiger partial charge in [0.15, 0.2) is 11.5 Å². The molecular formula is C25H27FN4O3S. The molecule has 0 radical (unpaired) electrons. The molecule has 178 valence electrons. The molecule has 1 amide bonds. The number of ether oxygens (including phenoxy) is 1. The lowest BCUT2D eigenvalue weighted by Gasteiger charge is -2.34. The monoisotopic (exact) mass is 482 g/mol. The zero-order chi connectivity index (χ0) is 24.2. The van der Waals surface area contributed by atoms with E-state index in [1.807, 2.05) is 52.2 Å². The topological polar surface area (TPSA) is 68.8 Å². The van der Waals surface area contributed by atoms with Crippen LogP contribution < -0.4 is 5.56 Å². The van der Waals surface area contributed by atoms with Crippen LogP contribution >= 0.6 is 11.3 Å². The predicted octanol–water partition coefficient (Wildman–Crippen LogP) is 5.40. The fraction of sp³-hybridized carbons (Fsp3) is 0.400. The van der Waals surface area contributed by atoms with Gasteiger partial charge in [-0.25, -0.2) is 14.2 Å². The molecule has 0 aromatic carbocycles. The smallest absolute Gasteiger partial charge is 0.410 e. The van der Waals surface area contributed by atoms with E-state index in [0.29, 0.717) is 41.8 Å². The first-order valence-corrected chi connectivity index (χ1v) is 12.2. The van der Waals surface area contributed by atoms with Crippen molar-refractivity contribution in [1.82, 2.24) is 18.9 Å². The van der Waals surface area contributed by atoms with Gasteiger partial charge in [-0.05, 0) is 58.7 Å². The van der Waals surface area contributed by atoms with E-state index in [1.165, 1.54) is 17.4 Å². The van der Waals surface area contributed by atoms with Crippen LogP contribution in [0.3, 0.4) is 0 Å². The molecule has 1 saturated heterocycles. The van der Waals surface area contributed by atoms with Crippen LogP contribution in [0, 0.1) is 12.7 Å². The largest absolute Gasteiger partial charge is 0.444 e. The highest BCUT2D eigenvalue weighted by molar-refractivity contribution is 7.22. The summed E-state index contributed by atoms with van der Waals surface area (Å²) < 4.78 is 24.2. The van der Waals surface area contributed by atoms with Crippen molar-refractivity contribution in [2.45, 2.75) is 52.2 Å². The first kappa shape index (κ1) is 22.6. The van der Waals surface area contributed by atoms with Gasteiger partial charge >= 0.3 is 6.09 Å². The van der Waals surface area contributed by atoms with Crippen molar-refractivity contribution < 1.29 is 13.9 Å². The maximum atomic E-state index is 14.6. The number of pyridine rings is 2. The van der Waals surface area contributed by atoms with Gasteiger partial charge in [0.2, 0.25) is 0 Å². The van der Waals surface area contributed by atoms with E-state index in [-0.39, 0.29) is 17.7 Å². The molecule has 5 rings (SSSR count). The van der Waals surface area contributed by atoms with Crippen LogP contribution in [0.5, 0.6) is 0 Å². The minimum Gasteiger partial charge on any atom is -0.444 e.